The molecule has 0 saturated heterocycles. The smallest absolute Gasteiger partial charge is 0.316 e. The third-order valence-electron chi connectivity index (χ3n) is 1.05. The zero-order valence-corrected chi connectivity index (χ0v) is 6.76. The van der Waals surface area contributed by atoms with Gasteiger partial charge in [-0.05, 0) is 0 Å². The lowest BCUT2D eigenvalue weighted by atomic mass is 10.4. The summed E-state index contributed by atoms with van der Waals surface area (Å²) >= 11 is 0. The van der Waals surface area contributed by atoms with E-state index in [-0.39, 0.29) is 12.5 Å². The van der Waals surface area contributed by atoms with E-state index in [9.17, 15) is 9.59 Å². The molecule has 5 heteroatoms. The van der Waals surface area contributed by atoms with E-state index in [1.165, 1.54) is 4.90 Å². The van der Waals surface area contributed by atoms with Gasteiger partial charge in [0.2, 0.25) is 5.91 Å². The van der Waals surface area contributed by atoms with E-state index in [2.05, 4.69) is 5.32 Å². The van der Waals surface area contributed by atoms with Gasteiger partial charge >= 0.3 is 6.03 Å². The molecule has 0 rings (SSSR count). The number of nitrogens with one attached hydrogen (secondary N) is 1. The molecule has 0 atom stereocenters. The fraction of sp³-hybridized carbons (Fsp3) is 0.667. The maximum atomic E-state index is 10.8. The van der Waals surface area contributed by atoms with E-state index in [0.717, 1.165) is 0 Å². The van der Waals surface area contributed by atoms with Crippen molar-refractivity contribution in [3.63, 3.8) is 0 Å². The zero-order valence-electron chi connectivity index (χ0n) is 6.76. The Morgan fingerprint density at radius 1 is 1.45 bits per heavy atom. The molecule has 3 amide bonds. The molecule has 0 aliphatic carbocycles. The van der Waals surface area contributed by atoms with Crippen LogP contribution in [0, 0.1) is 0 Å². The van der Waals surface area contributed by atoms with Gasteiger partial charge in [0.25, 0.3) is 0 Å². The second-order valence-corrected chi connectivity index (χ2v) is 2.34. The van der Waals surface area contributed by atoms with Crippen molar-refractivity contribution < 1.29 is 9.59 Å². The molecule has 0 unspecified atom stereocenters. The van der Waals surface area contributed by atoms with Gasteiger partial charge in [-0.15, -0.1) is 0 Å². The Bertz CT molecular complexity index is 156. The fourth-order valence-electron chi connectivity index (χ4n) is 0.451. The van der Waals surface area contributed by atoms with Crippen LogP contribution in [0.1, 0.15) is 6.42 Å². The topological polar surface area (TPSA) is 75.4 Å². The van der Waals surface area contributed by atoms with E-state index >= 15 is 0 Å². The summed E-state index contributed by atoms with van der Waals surface area (Å²) in [7, 11) is 3.25. The normalized spacial score (nSPS) is 8.91. The highest BCUT2D eigenvalue weighted by molar-refractivity contribution is 5.76. The van der Waals surface area contributed by atoms with Crippen LogP contribution < -0.4 is 11.1 Å². The highest BCUT2D eigenvalue weighted by Gasteiger charge is 2.01. The quantitative estimate of drug-likeness (QED) is 0.561. The van der Waals surface area contributed by atoms with Gasteiger partial charge in [0.15, 0.2) is 0 Å². The predicted octanol–water partition coefficient (Wildman–Crippen LogP) is -0.867. The average molecular weight is 159 g/mol. The molecular formula is C6H13N3O2. The Balaban J connectivity index is 3.39. The number of hydrogen-bond donors (Lipinski definition) is 2. The van der Waals surface area contributed by atoms with Gasteiger partial charge in [0.05, 0.1) is 0 Å². The second kappa shape index (κ2) is 4.54. The third-order valence-corrected chi connectivity index (χ3v) is 1.05. The number of carbonyl (C=O) groups excluding carboxylic acids is 2. The van der Waals surface area contributed by atoms with Gasteiger partial charge in [-0.2, -0.15) is 0 Å². The molecule has 0 fully saturated rings. The lowest BCUT2D eigenvalue weighted by molar-refractivity contribution is -0.117. The predicted molar refractivity (Wildman–Crippen MR) is 40.9 cm³/mol. The molecule has 0 radical (unpaired) electrons. The van der Waals surface area contributed by atoms with Crippen LogP contribution in [0.5, 0.6) is 0 Å². The first kappa shape index (κ1) is 9.74. The van der Waals surface area contributed by atoms with Crippen LogP contribution in [0.3, 0.4) is 0 Å². The van der Waals surface area contributed by atoms with E-state index in [0.29, 0.717) is 6.54 Å². The van der Waals surface area contributed by atoms with Crippen LogP contribution in [-0.2, 0) is 4.79 Å². The molecule has 0 heterocycles. The maximum absolute atomic E-state index is 10.8. The molecule has 64 valence electrons. The van der Waals surface area contributed by atoms with Crippen molar-refractivity contribution in [3.05, 3.63) is 0 Å². The van der Waals surface area contributed by atoms with Crippen molar-refractivity contribution in [2.75, 3.05) is 20.6 Å². The molecule has 0 aromatic heterocycles. The SMILES string of the molecule is CN(C)C(=O)NCCC(N)=O. The summed E-state index contributed by atoms with van der Waals surface area (Å²) in [6, 6.07) is -0.216. The van der Waals surface area contributed by atoms with E-state index in [4.69, 9.17) is 5.73 Å². The maximum Gasteiger partial charge on any atom is 0.316 e. The van der Waals surface area contributed by atoms with Crippen LogP contribution >= 0.6 is 0 Å². The van der Waals surface area contributed by atoms with Gasteiger partial charge in [0, 0.05) is 27.1 Å². The number of nitrogens with zero attached hydrogens (tertiary/aromatic N) is 1. The van der Waals surface area contributed by atoms with Crippen molar-refractivity contribution in [1.29, 1.82) is 0 Å². The first-order valence-electron chi connectivity index (χ1n) is 3.27. The molecule has 0 spiro atoms. The lowest BCUT2D eigenvalue weighted by Crippen LogP contribution is -2.36. The van der Waals surface area contributed by atoms with Crippen LogP contribution in [0.4, 0.5) is 4.79 Å². The van der Waals surface area contributed by atoms with Crippen LogP contribution in [-0.4, -0.2) is 37.5 Å². The fourth-order valence-corrected chi connectivity index (χ4v) is 0.451. The van der Waals surface area contributed by atoms with Crippen molar-refractivity contribution >= 4 is 11.9 Å². The summed E-state index contributed by atoms with van der Waals surface area (Å²) in [5.41, 5.74) is 4.85. The number of primary amides is 1. The summed E-state index contributed by atoms with van der Waals surface area (Å²) in [5, 5.41) is 2.50. The molecule has 0 aromatic carbocycles. The molecule has 0 bridgehead atoms. The molecule has 11 heavy (non-hydrogen) atoms. The summed E-state index contributed by atoms with van der Waals surface area (Å²) in [5.74, 6) is -0.413. The number of rotatable bonds is 3. The summed E-state index contributed by atoms with van der Waals surface area (Å²) in [4.78, 5) is 22.4. The van der Waals surface area contributed by atoms with Crippen molar-refractivity contribution in [3.8, 4) is 0 Å². The molecule has 3 N–H and O–H groups in total. The molecule has 5 nitrogen and oxygen atoms in total. The van der Waals surface area contributed by atoms with Crippen molar-refractivity contribution in [2.45, 2.75) is 6.42 Å². The summed E-state index contributed by atoms with van der Waals surface area (Å²) < 4.78 is 0. The monoisotopic (exact) mass is 159 g/mol. The van der Waals surface area contributed by atoms with Gasteiger partial charge < -0.3 is 16.0 Å². The minimum Gasteiger partial charge on any atom is -0.370 e. The highest BCUT2D eigenvalue weighted by Crippen LogP contribution is 1.78. The lowest BCUT2D eigenvalue weighted by Gasteiger charge is -2.10. The Kier molecular flexibility index (Phi) is 4.02. The van der Waals surface area contributed by atoms with Crippen LogP contribution in [0.2, 0.25) is 0 Å². The van der Waals surface area contributed by atoms with Crippen molar-refractivity contribution in [1.82, 2.24) is 10.2 Å². The second-order valence-electron chi connectivity index (χ2n) is 2.34. The van der Waals surface area contributed by atoms with Gasteiger partial charge in [-0.1, -0.05) is 0 Å². The summed E-state index contributed by atoms with van der Waals surface area (Å²) in [6.07, 6.45) is 0.180. The number of carbonyl (C=O) groups is 2. The van der Waals surface area contributed by atoms with E-state index < -0.39 is 5.91 Å². The average Bonchev–Trinajstić information content (AvgIpc) is 1.86. The number of hydrogen-bond acceptors (Lipinski definition) is 2. The minimum atomic E-state index is -0.413. The van der Waals surface area contributed by atoms with E-state index in [1.807, 2.05) is 0 Å². The summed E-state index contributed by atoms with van der Waals surface area (Å²) in [6.45, 7) is 0.298. The molecule has 0 aromatic rings. The molecule has 0 saturated carbocycles. The first-order valence-corrected chi connectivity index (χ1v) is 3.27. The Labute approximate surface area is 65.5 Å². The first-order chi connectivity index (χ1) is 5.04. The van der Waals surface area contributed by atoms with Gasteiger partial charge in [-0.3, -0.25) is 4.79 Å². The Morgan fingerprint density at radius 2 is 2.00 bits per heavy atom. The highest BCUT2D eigenvalue weighted by atomic mass is 16.2. The number of urea groups is 1. The Hall–Kier alpha value is -1.26. The van der Waals surface area contributed by atoms with Crippen LogP contribution in [0.25, 0.3) is 0 Å². The van der Waals surface area contributed by atoms with Crippen LogP contribution in [0.15, 0.2) is 0 Å². The molecular weight excluding hydrogens is 146 g/mol. The standard InChI is InChI=1S/C6H13N3O2/c1-9(2)6(11)8-4-3-5(7)10/h3-4H2,1-2H3,(H2,7,10)(H,8,11). The number of nitrogens with two attached hydrogens (primary N) is 1. The number of amides is 3. The minimum absolute atomic E-state index is 0.180. The van der Waals surface area contributed by atoms with E-state index in [1.54, 1.807) is 14.1 Å². The molecule has 0 aliphatic rings. The Morgan fingerprint density at radius 3 is 2.36 bits per heavy atom. The van der Waals surface area contributed by atoms with Crippen molar-refractivity contribution in [2.24, 2.45) is 5.73 Å². The van der Waals surface area contributed by atoms with Gasteiger partial charge in [-0.25, -0.2) is 4.79 Å². The zero-order chi connectivity index (χ0) is 8.85. The molecule has 0 aliphatic heterocycles. The largest absolute Gasteiger partial charge is 0.370 e. The van der Waals surface area contributed by atoms with Gasteiger partial charge in [0.1, 0.15) is 0 Å². The third kappa shape index (κ3) is 5.20.